The highest BCUT2D eigenvalue weighted by Crippen LogP contribution is 2.32. The first-order valence-corrected chi connectivity index (χ1v) is 10.5. The maximum Gasteiger partial charge on any atom is 0.261 e. The first-order valence-electron chi connectivity index (χ1n) is 9.59. The van der Waals surface area contributed by atoms with E-state index in [2.05, 4.69) is 5.32 Å². The van der Waals surface area contributed by atoms with E-state index in [1.165, 1.54) is 18.4 Å². The minimum absolute atomic E-state index is 0.0507. The molecule has 0 saturated heterocycles. The van der Waals surface area contributed by atoms with Gasteiger partial charge in [-0.1, -0.05) is 24.3 Å². The van der Waals surface area contributed by atoms with Crippen LogP contribution in [0.2, 0.25) is 0 Å². The van der Waals surface area contributed by atoms with Gasteiger partial charge in [-0.15, -0.1) is 11.3 Å². The minimum atomic E-state index is -0.440. The number of furan rings is 1. The van der Waals surface area contributed by atoms with Gasteiger partial charge in [0.05, 0.1) is 23.9 Å². The van der Waals surface area contributed by atoms with Crippen molar-refractivity contribution in [2.24, 2.45) is 0 Å². The molecule has 3 amide bonds. The molecule has 1 N–H and O–H groups in total. The standard InChI is InChI=1S/C24H16N2O4S/c27-22(25-20-7-2-1-6-18(20)21-8-4-12-31-21)15-9-10-17-19(13-15)24(29)26(23(17)28)14-16-5-3-11-30-16/h1-13H,14H2,(H,25,27). The molecule has 7 heteroatoms. The van der Waals surface area contributed by atoms with Gasteiger partial charge in [-0.3, -0.25) is 19.3 Å². The molecule has 1 aliphatic rings. The van der Waals surface area contributed by atoms with Gasteiger partial charge in [0.1, 0.15) is 5.76 Å². The molecule has 3 heterocycles. The Morgan fingerprint density at radius 2 is 1.74 bits per heavy atom. The fourth-order valence-electron chi connectivity index (χ4n) is 3.57. The zero-order valence-corrected chi connectivity index (χ0v) is 17.0. The summed E-state index contributed by atoms with van der Waals surface area (Å²) < 4.78 is 5.25. The van der Waals surface area contributed by atoms with Crippen LogP contribution in [0.25, 0.3) is 10.4 Å². The van der Waals surface area contributed by atoms with Gasteiger partial charge in [0.25, 0.3) is 17.7 Å². The van der Waals surface area contributed by atoms with E-state index in [1.54, 1.807) is 29.5 Å². The number of benzene rings is 2. The number of nitrogens with zero attached hydrogens (tertiary/aromatic N) is 1. The van der Waals surface area contributed by atoms with Crippen LogP contribution in [0.5, 0.6) is 0 Å². The van der Waals surface area contributed by atoms with Crippen molar-refractivity contribution in [3.63, 3.8) is 0 Å². The van der Waals surface area contributed by atoms with Crippen molar-refractivity contribution in [2.45, 2.75) is 6.54 Å². The average molecular weight is 428 g/mol. The molecule has 1 aliphatic heterocycles. The molecule has 0 fully saturated rings. The molecule has 152 valence electrons. The minimum Gasteiger partial charge on any atom is -0.467 e. The average Bonchev–Trinajstić information content (AvgIpc) is 3.54. The molecule has 0 saturated carbocycles. The van der Waals surface area contributed by atoms with Gasteiger partial charge in [0.2, 0.25) is 0 Å². The number of para-hydroxylation sites is 1. The van der Waals surface area contributed by atoms with Crippen LogP contribution in [0.4, 0.5) is 5.69 Å². The number of carbonyl (C=O) groups is 3. The predicted molar refractivity (Wildman–Crippen MR) is 117 cm³/mol. The Bertz CT molecular complexity index is 1290. The highest BCUT2D eigenvalue weighted by atomic mass is 32.1. The van der Waals surface area contributed by atoms with Crippen molar-refractivity contribution in [1.82, 2.24) is 4.90 Å². The van der Waals surface area contributed by atoms with E-state index in [0.29, 0.717) is 17.0 Å². The third kappa shape index (κ3) is 3.45. The Morgan fingerprint density at radius 3 is 2.52 bits per heavy atom. The molecular formula is C24H16N2O4S. The molecule has 0 bridgehead atoms. The maximum atomic E-state index is 12.9. The summed E-state index contributed by atoms with van der Waals surface area (Å²) in [5, 5.41) is 4.90. The number of thiophene rings is 1. The summed E-state index contributed by atoms with van der Waals surface area (Å²) in [6.07, 6.45) is 1.49. The van der Waals surface area contributed by atoms with Crippen LogP contribution in [-0.2, 0) is 6.54 Å². The lowest BCUT2D eigenvalue weighted by Gasteiger charge is -2.11. The summed E-state index contributed by atoms with van der Waals surface area (Å²) in [7, 11) is 0. The largest absolute Gasteiger partial charge is 0.467 e. The topological polar surface area (TPSA) is 79.6 Å². The summed E-state index contributed by atoms with van der Waals surface area (Å²) in [4.78, 5) is 40.5. The summed E-state index contributed by atoms with van der Waals surface area (Å²) in [6, 6.07) is 19.4. The van der Waals surface area contributed by atoms with Crippen LogP contribution >= 0.6 is 11.3 Å². The van der Waals surface area contributed by atoms with E-state index in [-0.39, 0.29) is 23.6 Å². The number of hydrogen-bond donors (Lipinski definition) is 1. The summed E-state index contributed by atoms with van der Waals surface area (Å²) >= 11 is 1.58. The molecule has 6 nitrogen and oxygen atoms in total. The molecule has 0 aliphatic carbocycles. The molecule has 5 rings (SSSR count). The lowest BCUT2D eigenvalue weighted by molar-refractivity contribution is 0.0631. The van der Waals surface area contributed by atoms with Crippen LogP contribution in [0, 0.1) is 0 Å². The Balaban J connectivity index is 1.40. The lowest BCUT2D eigenvalue weighted by Crippen LogP contribution is -2.28. The second-order valence-corrected chi connectivity index (χ2v) is 7.96. The van der Waals surface area contributed by atoms with E-state index in [9.17, 15) is 14.4 Å². The normalized spacial score (nSPS) is 12.8. The van der Waals surface area contributed by atoms with E-state index in [1.807, 2.05) is 41.8 Å². The Labute approximate surface area is 181 Å². The van der Waals surface area contributed by atoms with Gasteiger partial charge in [-0.25, -0.2) is 0 Å². The van der Waals surface area contributed by atoms with Gasteiger partial charge in [-0.05, 0) is 47.8 Å². The SMILES string of the molecule is O=C(Nc1ccccc1-c1cccs1)c1ccc2c(c1)C(=O)N(Cc1ccco1)C2=O. The summed E-state index contributed by atoms with van der Waals surface area (Å²) in [5.41, 5.74) is 2.41. The molecule has 0 radical (unpaired) electrons. The molecule has 0 atom stereocenters. The quantitative estimate of drug-likeness (QED) is 0.451. The number of amides is 3. The van der Waals surface area contributed by atoms with Crippen LogP contribution in [0.15, 0.2) is 82.8 Å². The van der Waals surface area contributed by atoms with E-state index in [0.717, 1.165) is 15.3 Å². The molecule has 31 heavy (non-hydrogen) atoms. The fourth-order valence-corrected chi connectivity index (χ4v) is 4.33. The number of hydrogen-bond acceptors (Lipinski definition) is 5. The Morgan fingerprint density at radius 1 is 0.903 bits per heavy atom. The summed E-state index contributed by atoms with van der Waals surface area (Å²) in [5.74, 6) is -0.675. The monoisotopic (exact) mass is 428 g/mol. The number of imide groups is 1. The Hall–Kier alpha value is -3.97. The molecule has 2 aromatic carbocycles. The van der Waals surface area contributed by atoms with Gasteiger partial charge in [0.15, 0.2) is 0 Å². The highest BCUT2D eigenvalue weighted by molar-refractivity contribution is 7.13. The van der Waals surface area contributed by atoms with E-state index >= 15 is 0 Å². The number of nitrogens with one attached hydrogen (secondary N) is 1. The Kier molecular flexibility index (Phi) is 4.72. The van der Waals surface area contributed by atoms with Crippen LogP contribution < -0.4 is 5.32 Å². The van der Waals surface area contributed by atoms with Crippen molar-refractivity contribution in [1.29, 1.82) is 0 Å². The second kappa shape index (κ2) is 7.70. The molecular weight excluding hydrogens is 412 g/mol. The maximum absolute atomic E-state index is 12.9. The van der Waals surface area contributed by atoms with Crippen LogP contribution in [0.3, 0.4) is 0 Å². The lowest BCUT2D eigenvalue weighted by atomic mass is 10.0. The number of carbonyl (C=O) groups excluding carboxylic acids is 3. The molecule has 4 aromatic rings. The molecule has 0 unspecified atom stereocenters. The number of anilines is 1. The summed E-state index contributed by atoms with van der Waals surface area (Å²) in [6.45, 7) is 0.0507. The third-order valence-electron chi connectivity index (χ3n) is 5.09. The number of rotatable bonds is 5. The van der Waals surface area contributed by atoms with Crippen molar-refractivity contribution >= 4 is 34.7 Å². The van der Waals surface area contributed by atoms with Gasteiger partial charge < -0.3 is 9.73 Å². The zero-order chi connectivity index (χ0) is 21.4. The number of fused-ring (bicyclic) bond motifs is 1. The van der Waals surface area contributed by atoms with Gasteiger partial charge in [0, 0.05) is 21.7 Å². The third-order valence-corrected chi connectivity index (χ3v) is 5.99. The van der Waals surface area contributed by atoms with Crippen LogP contribution in [0.1, 0.15) is 36.8 Å². The van der Waals surface area contributed by atoms with Crippen molar-refractivity contribution in [2.75, 3.05) is 5.32 Å². The first kappa shape index (κ1) is 19.0. The van der Waals surface area contributed by atoms with E-state index < -0.39 is 11.8 Å². The van der Waals surface area contributed by atoms with Crippen LogP contribution in [-0.4, -0.2) is 22.6 Å². The molecule has 0 spiro atoms. The highest BCUT2D eigenvalue weighted by Gasteiger charge is 2.36. The van der Waals surface area contributed by atoms with Crippen molar-refractivity contribution in [3.05, 3.63) is 101 Å². The van der Waals surface area contributed by atoms with Gasteiger partial charge in [-0.2, -0.15) is 0 Å². The molecule has 2 aromatic heterocycles. The predicted octanol–water partition coefficient (Wildman–Crippen LogP) is 5.06. The van der Waals surface area contributed by atoms with Crippen molar-refractivity contribution in [3.8, 4) is 10.4 Å². The van der Waals surface area contributed by atoms with Gasteiger partial charge >= 0.3 is 0 Å². The zero-order valence-electron chi connectivity index (χ0n) is 16.2. The first-order chi connectivity index (χ1) is 15.1. The van der Waals surface area contributed by atoms with E-state index in [4.69, 9.17) is 4.42 Å². The van der Waals surface area contributed by atoms with Crippen molar-refractivity contribution < 1.29 is 18.8 Å². The smallest absolute Gasteiger partial charge is 0.261 e. The fraction of sp³-hybridized carbons (Fsp3) is 0.0417. The second-order valence-electron chi connectivity index (χ2n) is 7.01.